The number of para-hydroxylation sites is 1. The smallest absolute Gasteiger partial charge is 0.269 e. The quantitative estimate of drug-likeness (QED) is 0.342. The van der Waals surface area contributed by atoms with Gasteiger partial charge in [-0.3, -0.25) is 29.3 Å². The summed E-state index contributed by atoms with van der Waals surface area (Å²) in [5, 5.41) is 15.3. The Hall–Kier alpha value is -4.57. The van der Waals surface area contributed by atoms with Crippen molar-refractivity contribution in [1.29, 1.82) is 0 Å². The van der Waals surface area contributed by atoms with E-state index in [1.807, 2.05) is 30.3 Å². The summed E-state index contributed by atoms with van der Waals surface area (Å²) in [7, 11) is 0. The van der Waals surface area contributed by atoms with Crippen molar-refractivity contribution in [2.45, 2.75) is 19.1 Å². The fourth-order valence-corrected chi connectivity index (χ4v) is 4.50. The number of rotatable bonds is 5. The van der Waals surface area contributed by atoms with Crippen molar-refractivity contribution in [2.24, 2.45) is 5.92 Å². The number of anilines is 3. The van der Waals surface area contributed by atoms with E-state index in [1.165, 1.54) is 31.2 Å². The topological polar surface area (TPSA) is 122 Å². The number of carbonyl (C=O) groups is 3. The number of benzene rings is 3. The van der Waals surface area contributed by atoms with Crippen molar-refractivity contribution in [2.75, 3.05) is 15.3 Å². The number of imide groups is 1. The fourth-order valence-electron chi connectivity index (χ4n) is 4.50. The van der Waals surface area contributed by atoms with Crippen LogP contribution in [0, 0.1) is 16.0 Å². The molecular formula is C25H20N4O6. The first kappa shape index (κ1) is 22.2. The van der Waals surface area contributed by atoms with Crippen LogP contribution in [-0.4, -0.2) is 28.7 Å². The van der Waals surface area contributed by atoms with Gasteiger partial charge in [-0.15, -0.1) is 0 Å². The number of nitrogens with zero attached hydrogens (tertiary/aromatic N) is 3. The van der Waals surface area contributed by atoms with Crippen LogP contribution in [0.3, 0.4) is 0 Å². The largest absolute Gasteiger partial charge is 0.326 e. The van der Waals surface area contributed by atoms with E-state index in [0.29, 0.717) is 11.4 Å². The highest BCUT2D eigenvalue weighted by molar-refractivity contribution is 6.24. The van der Waals surface area contributed by atoms with Gasteiger partial charge in [-0.25, -0.2) is 9.96 Å². The standard InChI is InChI=1S/C25H20N4O6/c1-15(30)26-17-9-7-16(8-10-17)22-21-23(35-28(22)19-5-3-2-4-6-19)25(32)27(24(21)31)18-11-13-20(14-12-18)29(33)34/h2-14,21-23H,1H3,(H,26,30)/t21-,22-,23-/m0/s1. The molecule has 2 aliphatic rings. The monoisotopic (exact) mass is 472 g/mol. The third kappa shape index (κ3) is 3.89. The normalized spacial score (nSPS) is 21.2. The van der Waals surface area contributed by atoms with Crippen LogP contribution in [0.25, 0.3) is 0 Å². The van der Waals surface area contributed by atoms with Gasteiger partial charge in [-0.2, -0.15) is 0 Å². The van der Waals surface area contributed by atoms with Gasteiger partial charge in [0.2, 0.25) is 11.8 Å². The number of carbonyl (C=O) groups excluding carboxylic acids is 3. The molecular weight excluding hydrogens is 452 g/mol. The van der Waals surface area contributed by atoms with Crippen molar-refractivity contribution in [1.82, 2.24) is 0 Å². The maximum Gasteiger partial charge on any atom is 0.269 e. The Morgan fingerprint density at radius 3 is 2.17 bits per heavy atom. The zero-order chi connectivity index (χ0) is 24.7. The van der Waals surface area contributed by atoms with Crippen LogP contribution in [0.1, 0.15) is 18.5 Å². The van der Waals surface area contributed by atoms with Crippen LogP contribution in [0.2, 0.25) is 0 Å². The number of hydrogen-bond acceptors (Lipinski definition) is 7. The fraction of sp³-hybridized carbons (Fsp3) is 0.160. The van der Waals surface area contributed by atoms with Gasteiger partial charge in [-0.05, 0) is 42.0 Å². The third-order valence-electron chi connectivity index (χ3n) is 6.02. The van der Waals surface area contributed by atoms with Gasteiger partial charge in [0, 0.05) is 24.7 Å². The summed E-state index contributed by atoms with van der Waals surface area (Å²) < 4.78 is 0. The maximum atomic E-state index is 13.6. The molecule has 0 unspecified atom stereocenters. The molecule has 0 aliphatic carbocycles. The van der Waals surface area contributed by atoms with E-state index in [4.69, 9.17) is 4.84 Å². The van der Waals surface area contributed by atoms with E-state index in [0.717, 1.165) is 10.5 Å². The first-order valence-corrected chi connectivity index (χ1v) is 10.9. The summed E-state index contributed by atoms with van der Waals surface area (Å²) >= 11 is 0. The molecule has 2 heterocycles. The highest BCUT2D eigenvalue weighted by atomic mass is 16.7. The predicted octanol–water partition coefficient (Wildman–Crippen LogP) is 3.60. The van der Waals surface area contributed by atoms with Crippen LogP contribution >= 0.6 is 0 Å². The molecule has 176 valence electrons. The first-order chi connectivity index (χ1) is 16.8. The van der Waals surface area contributed by atoms with Gasteiger partial charge in [0.25, 0.3) is 11.6 Å². The lowest BCUT2D eigenvalue weighted by Crippen LogP contribution is -2.37. The molecule has 3 amide bonds. The Morgan fingerprint density at radius 1 is 0.914 bits per heavy atom. The first-order valence-electron chi connectivity index (χ1n) is 10.9. The molecule has 10 heteroatoms. The molecule has 3 aromatic carbocycles. The summed E-state index contributed by atoms with van der Waals surface area (Å²) in [5.74, 6) is -2.04. The number of hydroxylamine groups is 1. The zero-order valence-electron chi connectivity index (χ0n) is 18.5. The molecule has 2 saturated heterocycles. The van der Waals surface area contributed by atoms with Gasteiger partial charge >= 0.3 is 0 Å². The summed E-state index contributed by atoms with van der Waals surface area (Å²) in [4.78, 5) is 55.8. The minimum absolute atomic E-state index is 0.142. The molecule has 0 spiro atoms. The minimum Gasteiger partial charge on any atom is -0.326 e. The van der Waals surface area contributed by atoms with Crippen LogP contribution in [-0.2, 0) is 19.2 Å². The predicted molar refractivity (Wildman–Crippen MR) is 126 cm³/mol. The molecule has 3 aromatic rings. The second kappa shape index (κ2) is 8.65. The van der Waals surface area contributed by atoms with Gasteiger partial charge in [0.15, 0.2) is 6.10 Å². The number of nitro groups is 1. The van der Waals surface area contributed by atoms with Gasteiger partial charge in [0.05, 0.1) is 22.3 Å². The number of amides is 3. The molecule has 2 fully saturated rings. The van der Waals surface area contributed by atoms with Crippen LogP contribution in [0.5, 0.6) is 0 Å². The number of hydrogen-bond donors (Lipinski definition) is 1. The summed E-state index contributed by atoms with van der Waals surface area (Å²) in [6, 6.07) is 20.8. The summed E-state index contributed by atoms with van der Waals surface area (Å²) in [5.41, 5.74) is 2.11. The van der Waals surface area contributed by atoms with Crippen molar-refractivity contribution >= 4 is 40.5 Å². The lowest BCUT2D eigenvalue weighted by molar-refractivity contribution is -0.384. The van der Waals surface area contributed by atoms with Crippen molar-refractivity contribution in [3.8, 4) is 0 Å². The molecule has 2 aliphatic heterocycles. The average Bonchev–Trinajstić information content (AvgIpc) is 3.36. The molecule has 10 nitrogen and oxygen atoms in total. The highest BCUT2D eigenvalue weighted by Gasteiger charge is 2.60. The zero-order valence-corrected chi connectivity index (χ0v) is 18.5. The van der Waals surface area contributed by atoms with Crippen LogP contribution in [0.15, 0.2) is 78.9 Å². The maximum absolute atomic E-state index is 13.6. The summed E-state index contributed by atoms with van der Waals surface area (Å²) in [6.45, 7) is 1.41. The molecule has 0 radical (unpaired) electrons. The SMILES string of the molecule is CC(=O)Nc1ccc([C@H]2[C@@H]3C(=O)N(c4ccc([N+](=O)[O-])cc4)C(=O)[C@H]3ON2c2ccccc2)cc1. The number of nitrogens with one attached hydrogen (secondary N) is 1. The van der Waals surface area contributed by atoms with Crippen LogP contribution in [0.4, 0.5) is 22.7 Å². The van der Waals surface area contributed by atoms with Gasteiger partial charge in [-0.1, -0.05) is 30.3 Å². The molecule has 1 N–H and O–H groups in total. The molecule has 5 rings (SSSR count). The number of fused-ring (bicyclic) bond motifs is 1. The van der Waals surface area contributed by atoms with E-state index >= 15 is 0 Å². The second-order valence-corrected chi connectivity index (χ2v) is 8.25. The molecule has 35 heavy (non-hydrogen) atoms. The van der Waals surface area contributed by atoms with Crippen molar-refractivity contribution in [3.63, 3.8) is 0 Å². The third-order valence-corrected chi connectivity index (χ3v) is 6.02. The van der Waals surface area contributed by atoms with E-state index in [9.17, 15) is 24.5 Å². The van der Waals surface area contributed by atoms with E-state index in [-0.39, 0.29) is 17.3 Å². The van der Waals surface area contributed by atoms with E-state index in [2.05, 4.69) is 5.32 Å². The molecule has 3 atom stereocenters. The minimum atomic E-state index is -1.06. The molecule has 0 saturated carbocycles. The van der Waals surface area contributed by atoms with E-state index < -0.39 is 34.8 Å². The highest BCUT2D eigenvalue weighted by Crippen LogP contribution is 2.47. The van der Waals surface area contributed by atoms with Gasteiger partial charge in [0.1, 0.15) is 5.92 Å². The number of nitro benzene ring substituents is 1. The lowest BCUT2D eigenvalue weighted by atomic mass is 9.90. The summed E-state index contributed by atoms with van der Waals surface area (Å²) in [6.07, 6.45) is -1.06. The Balaban J connectivity index is 1.52. The second-order valence-electron chi connectivity index (χ2n) is 8.25. The molecule has 0 bridgehead atoms. The Labute approximate surface area is 199 Å². The van der Waals surface area contributed by atoms with E-state index in [1.54, 1.807) is 29.3 Å². The Bertz CT molecular complexity index is 1310. The van der Waals surface area contributed by atoms with Crippen LogP contribution < -0.4 is 15.3 Å². The molecule has 0 aromatic heterocycles. The van der Waals surface area contributed by atoms with Gasteiger partial charge < -0.3 is 5.32 Å². The number of non-ortho nitro benzene ring substituents is 1. The average molecular weight is 472 g/mol. The van der Waals surface area contributed by atoms with Crippen molar-refractivity contribution < 1.29 is 24.1 Å². The van der Waals surface area contributed by atoms with Crippen molar-refractivity contribution in [3.05, 3.63) is 94.5 Å². The lowest BCUT2D eigenvalue weighted by Gasteiger charge is -2.28. The Morgan fingerprint density at radius 2 is 1.57 bits per heavy atom. The Kier molecular flexibility index (Phi) is 5.50.